The van der Waals surface area contributed by atoms with E-state index in [1.54, 1.807) is 0 Å². The fourth-order valence-electron chi connectivity index (χ4n) is 2.20. The highest BCUT2D eigenvalue weighted by Crippen LogP contribution is 2.32. The highest BCUT2D eigenvalue weighted by molar-refractivity contribution is 6.31. The van der Waals surface area contributed by atoms with Gasteiger partial charge in [0.2, 0.25) is 6.79 Å². The van der Waals surface area contributed by atoms with Crippen LogP contribution in [0.3, 0.4) is 0 Å². The standard InChI is InChI=1S/C17H15ClO4/c18-14-4-2-1-3-13(14)6-8-17(19)20-10-12-5-7-15-16(9-12)22-11-21-15/h1-5,7,9H,6,8,10-11H2. The number of hydrogen-bond acceptors (Lipinski definition) is 4. The number of fused-ring (bicyclic) bond motifs is 1. The third-order valence-corrected chi connectivity index (χ3v) is 3.76. The van der Waals surface area contributed by atoms with Crippen LogP contribution in [0.2, 0.25) is 5.02 Å². The lowest BCUT2D eigenvalue weighted by Gasteiger charge is -2.07. The SMILES string of the molecule is O=C(CCc1ccccc1Cl)OCc1ccc2c(c1)OCO2. The van der Waals surface area contributed by atoms with Crippen molar-refractivity contribution in [1.82, 2.24) is 0 Å². The maximum absolute atomic E-state index is 11.8. The summed E-state index contributed by atoms with van der Waals surface area (Å²) < 4.78 is 15.8. The Morgan fingerprint density at radius 2 is 1.95 bits per heavy atom. The molecule has 0 aliphatic carbocycles. The summed E-state index contributed by atoms with van der Waals surface area (Å²) in [5.41, 5.74) is 1.82. The smallest absolute Gasteiger partial charge is 0.306 e. The van der Waals surface area contributed by atoms with E-state index in [2.05, 4.69) is 0 Å². The van der Waals surface area contributed by atoms with Gasteiger partial charge in [0, 0.05) is 11.4 Å². The van der Waals surface area contributed by atoms with Crippen molar-refractivity contribution < 1.29 is 19.0 Å². The van der Waals surface area contributed by atoms with Gasteiger partial charge in [-0.2, -0.15) is 0 Å². The molecule has 4 nitrogen and oxygen atoms in total. The van der Waals surface area contributed by atoms with Gasteiger partial charge in [0.25, 0.3) is 0 Å². The maximum Gasteiger partial charge on any atom is 0.306 e. The molecule has 3 rings (SSSR count). The summed E-state index contributed by atoms with van der Waals surface area (Å²) in [7, 11) is 0. The van der Waals surface area contributed by atoms with Crippen LogP contribution in [0, 0.1) is 0 Å². The number of rotatable bonds is 5. The number of esters is 1. The number of aryl methyl sites for hydroxylation is 1. The van der Waals surface area contributed by atoms with Crippen molar-refractivity contribution in [2.24, 2.45) is 0 Å². The van der Waals surface area contributed by atoms with E-state index in [0.29, 0.717) is 29.4 Å². The highest BCUT2D eigenvalue weighted by Gasteiger charge is 2.14. The summed E-state index contributed by atoms with van der Waals surface area (Å²) in [6.07, 6.45) is 0.869. The minimum atomic E-state index is -0.252. The second kappa shape index (κ2) is 6.71. The molecule has 0 amide bonds. The van der Waals surface area contributed by atoms with Gasteiger partial charge in [-0.3, -0.25) is 4.79 Å². The average Bonchev–Trinajstić information content (AvgIpc) is 2.99. The van der Waals surface area contributed by atoms with Crippen molar-refractivity contribution in [1.29, 1.82) is 0 Å². The Hall–Kier alpha value is -2.20. The zero-order chi connectivity index (χ0) is 15.4. The van der Waals surface area contributed by atoms with Crippen molar-refractivity contribution in [2.75, 3.05) is 6.79 Å². The summed E-state index contributed by atoms with van der Waals surface area (Å²) in [6.45, 7) is 0.453. The number of hydrogen-bond donors (Lipinski definition) is 0. The average molecular weight is 319 g/mol. The van der Waals surface area contributed by atoms with E-state index < -0.39 is 0 Å². The van der Waals surface area contributed by atoms with Gasteiger partial charge in [-0.25, -0.2) is 0 Å². The van der Waals surface area contributed by atoms with Crippen LogP contribution in [0.1, 0.15) is 17.5 Å². The van der Waals surface area contributed by atoms with E-state index in [-0.39, 0.29) is 19.4 Å². The number of benzene rings is 2. The van der Waals surface area contributed by atoms with E-state index in [1.807, 2.05) is 42.5 Å². The molecule has 2 aromatic carbocycles. The molecule has 1 aliphatic rings. The summed E-state index contributed by atoms with van der Waals surface area (Å²) in [6, 6.07) is 13.0. The third kappa shape index (κ3) is 3.52. The summed E-state index contributed by atoms with van der Waals surface area (Å²) in [5.74, 6) is 1.15. The first-order valence-electron chi connectivity index (χ1n) is 7.00. The molecule has 22 heavy (non-hydrogen) atoms. The Bertz CT molecular complexity index is 684. The van der Waals surface area contributed by atoms with Crippen LogP contribution < -0.4 is 9.47 Å². The topological polar surface area (TPSA) is 44.8 Å². The molecule has 114 valence electrons. The first kappa shape index (κ1) is 14.7. The molecule has 1 heterocycles. The minimum Gasteiger partial charge on any atom is -0.461 e. The Balaban J connectivity index is 1.49. The van der Waals surface area contributed by atoms with Gasteiger partial charge in [-0.1, -0.05) is 35.9 Å². The molecule has 2 aromatic rings. The molecular formula is C17H15ClO4. The molecule has 0 saturated carbocycles. The Labute approximate surface area is 133 Å². The molecule has 0 fully saturated rings. The van der Waals surface area contributed by atoms with Gasteiger partial charge in [-0.05, 0) is 35.7 Å². The first-order chi connectivity index (χ1) is 10.7. The van der Waals surface area contributed by atoms with Gasteiger partial charge in [-0.15, -0.1) is 0 Å². The van der Waals surface area contributed by atoms with Crippen LogP contribution in [0.15, 0.2) is 42.5 Å². The molecule has 0 atom stereocenters. The first-order valence-corrected chi connectivity index (χ1v) is 7.38. The van der Waals surface area contributed by atoms with Gasteiger partial charge in [0.1, 0.15) is 6.61 Å². The van der Waals surface area contributed by atoms with Crippen molar-refractivity contribution in [3.8, 4) is 11.5 Å². The lowest BCUT2D eigenvalue weighted by molar-refractivity contribution is -0.144. The van der Waals surface area contributed by atoms with Crippen LogP contribution >= 0.6 is 11.6 Å². The van der Waals surface area contributed by atoms with E-state index in [1.165, 1.54) is 0 Å². The van der Waals surface area contributed by atoms with E-state index in [0.717, 1.165) is 11.1 Å². The molecular weight excluding hydrogens is 304 g/mol. The predicted molar refractivity (Wildman–Crippen MR) is 82.1 cm³/mol. The molecule has 0 spiro atoms. The zero-order valence-electron chi connectivity index (χ0n) is 11.9. The summed E-state index contributed by atoms with van der Waals surface area (Å²) in [4.78, 5) is 11.8. The molecule has 0 N–H and O–H groups in total. The molecule has 1 aliphatic heterocycles. The molecule has 0 saturated heterocycles. The summed E-state index contributed by atoms with van der Waals surface area (Å²) >= 11 is 6.06. The van der Waals surface area contributed by atoms with Gasteiger partial charge in [0.15, 0.2) is 11.5 Å². The largest absolute Gasteiger partial charge is 0.461 e. The summed E-state index contributed by atoms with van der Waals surface area (Å²) in [5, 5.41) is 0.672. The van der Waals surface area contributed by atoms with Crippen molar-refractivity contribution >= 4 is 17.6 Å². The normalized spacial score (nSPS) is 12.2. The Kier molecular flexibility index (Phi) is 4.49. The van der Waals surface area contributed by atoms with Gasteiger partial charge < -0.3 is 14.2 Å². The minimum absolute atomic E-state index is 0.220. The van der Waals surface area contributed by atoms with E-state index >= 15 is 0 Å². The van der Waals surface area contributed by atoms with Gasteiger partial charge in [0.05, 0.1) is 0 Å². The third-order valence-electron chi connectivity index (χ3n) is 3.39. The number of carbonyl (C=O) groups excluding carboxylic acids is 1. The number of halogens is 1. The second-order valence-electron chi connectivity index (χ2n) is 4.94. The monoisotopic (exact) mass is 318 g/mol. The molecule has 0 bridgehead atoms. The number of carbonyl (C=O) groups is 1. The van der Waals surface area contributed by atoms with Crippen LogP contribution in [0.25, 0.3) is 0 Å². The Morgan fingerprint density at radius 3 is 2.82 bits per heavy atom. The van der Waals surface area contributed by atoms with Crippen molar-refractivity contribution in [3.63, 3.8) is 0 Å². The quantitative estimate of drug-likeness (QED) is 0.788. The van der Waals surface area contributed by atoms with E-state index in [9.17, 15) is 4.79 Å². The van der Waals surface area contributed by atoms with Gasteiger partial charge >= 0.3 is 5.97 Å². The van der Waals surface area contributed by atoms with Crippen LogP contribution in [0.4, 0.5) is 0 Å². The number of ether oxygens (including phenoxy) is 3. The molecule has 0 radical (unpaired) electrons. The molecule has 0 aromatic heterocycles. The van der Waals surface area contributed by atoms with Crippen LogP contribution in [-0.2, 0) is 22.6 Å². The van der Waals surface area contributed by atoms with Crippen molar-refractivity contribution in [2.45, 2.75) is 19.4 Å². The molecule has 5 heteroatoms. The fraction of sp³-hybridized carbons (Fsp3) is 0.235. The zero-order valence-corrected chi connectivity index (χ0v) is 12.6. The van der Waals surface area contributed by atoms with Crippen LogP contribution in [0.5, 0.6) is 11.5 Å². The fourth-order valence-corrected chi connectivity index (χ4v) is 2.43. The Morgan fingerprint density at radius 1 is 1.14 bits per heavy atom. The molecule has 0 unspecified atom stereocenters. The van der Waals surface area contributed by atoms with E-state index in [4.69, 9.17) is 25.8 Å². The lowest BCUT2D eigenvalue weighted by atomic mass is 10.1. The second-order valence-corrected chi connectivity index (χ2v) is 5.35. The lowest BCUT2D eigenvalue weighted by Crippen LogP contribution is -2.06. The van der Waals surface area contributed by atoms with Crippen LogP contribution in [-0.4, -0.2) is 12.8 Å². The predicted octanol–water partition coefficient (Wildman–Crippen LogP) is 3.74. The highest BCUT2D eigenvalue weighted by atomic mass is 35.5. The van der Waals surface area contributed by atoms with Crippen molar-refractivity contribution in [3.05, 3.63) is 58.6 Å². The maximum atomic E-state index is 11.8.